The van der Waals surface area contributed by atoms with Gasteiger partial charge < -0.3 is 5.73 Å². The van der Waals surface area contributed by atoms with Crippen molar-refractivity contribution in [1.29, 1.82) is 0 Å². The zero-order chi connectivity index (χ0) is 6.85. The summed E-state index contributed by atoms with van der Waals surface area (Å²) in [6, 6.07) is 1.88. The lowest BCUT2D eigenvalue weighted by Crippen LogP contribution is -1.97. The molecule has 5 heteroatoms. The van der Waals surface area contributed by atoms with Crippen LogP contribution in [-0.2, 0) is 0 Å². The molecule has 0 spiro atoms. The third-order valence-electron chi connectivity index (χ3n) is 0.744. The molecule has 0 aromatic carbocycles. The lowest BCUT2D eigenvalue weighted by Gasteiger charge is -1.93. The summed E-state index contributed by atoms with van der Waals surface area (Å²) in [5.41, 5.74) is 5.40. The fraction of sp³-hybridized carbons (Fsp3) is 0. The molecule has 0 aliphatic rings. The molecule has 2 N–H and O–H groups in total. The third kappa shape index (κ3) is 1.88. The zero-order valence-corrected chi connectivity index (χ0v) is 8.62. The Balaban J connectivity index is 3.17. The average molecular weight is 347 g/mol. The van der Waals surface area contributed by atoms with Crippen molar-refractivity contribution in [3.05, 3.63) is 13.3 Å². The fourth-order valence-electron chi connectivity index (χ4n) is 0.357. The molecular formula is C4H3I2N3. The normalized spacial score (nSPS) is 9.56. The average Bonchev–Trinajstić information content (AvgIpc) is 1.80. The molecule has 3 nitrogen and oxygen atoms in total. The largest absolute Gasteiger partial charge is 0.381 e. The minimum Gasteiger partial charge on any atom is -0.381 e. The van der Waals surface area contributed by atoms with Crippen LogP contribution >= 0.6 is 45.2 Å². The van der Waals surface area contributed by atoms with Gasteiger partial charge in [0.1, 0.15) is 3.70 Å². The number of hydrogen-bond donors (Lipinski definition) is 1. The van der Waals surface area contributed by atoms with E-state index < -0.39 is 0 Å². The van der Waals surface area contributed by atoms with Crippen LogP contribution in [0.25, 0.3) is 0 Å². The van der Waals surface area contributed by atoms with Gasteiger partial charge in [-0.1, -0.05) is 0 Å². The Kier molecular flexibility index (Phi) is 2.44. The number of nitrogen functional groups attached to an aromatic ring is 1. The van der Waals surface area contributed by atoms with Gasteiger partial charge in [0.25, 0.3) is 0 Å². The first-order valence-electron chi connectivity index (χ1n) is 2.14. The van der Waals surface area contributed by atoms with Gasteiger partial charge in [-0.2, -0.15) is 0 Å². The summed E-state index contributed by atoms with van der Waals surface area (Å²) < 4.78 is 1.82. The lowest BCUT2D eigenvalue weighted by molar-refractivity contribution is 1.01. The van der Waals surface area contributed by atoms with E-state index in [2.05, 4.69) is 55.4 Å². The van der Waals surface area contributed by atoms with Crippen molar-refractivity contribution in [1.82, 2.24) is 10.2 Å². The molecule has 0 fully saturated rings. The van der Waals surface area contributed by atoms with Gasteiger partial charge in [-0.05, 0) is 51.2 Å². The maximum Gasteiger partial charge on any atom is 0.159 e. The second-order valence-corrected chi connectivity index (χ2v) is 3.67. The molecule has 0 atom stereocenters. The van der Waals surface area contributed by atoms with Gasteiger partial charge >= 0.3 is 0 Å². The second kappa shape index (κ2) is 2.95. The number of rotatable bonds is 0. The Labute approximate surface area is 79.7 Å². The summed E-state index contributed by atoms with van der Waals surface area (Å²) in [5, 5.41) is 7.44. The fourth-order valence-corrected chi connectivity index (χ4v) is 1.77. The molecule has 0 bridgehead atoms. The molecule has 0 aliphatic heterocycles. The highest BCUT2D eigenvalue weighted by Crippen LogP contribution is 2.11. The predicted octanol–water partition coefficient (Wildman–Crippen LogP) is 1.27. The maximum absolute atomic E-state index is 5.40. The van der Waals surface area contributed by atoms with Crippen molar-refractivity contribution in [3.63, 3.8) is 0 Å². The maximum atomic E-state index is 5.40. The van der Waals surface area contributed by atoms with Crippen LogP contribution in [0.4, 0.5) is 5.82 Å². The zero-order valence-electron chi connectivity index (χ0n) is 4.31. The molecule has 1 aromatic rings. The van der Waals surface area contributed by atoms with Gasteiger partial charge in [0.2, 0.25) is 0 Å². The van der Waals surface area contributed by atoms with E-state index in [1.807, 2.05) is 6.07 Å². The molecule has 9 heavy (non-hydrogen) atoms. The van der Waals surface area contributed by atoms with Crippen LogP contribution in [0.5, 0.6) is 0 Å². The van der Waals surface area contributed by atoms with Crippen LogP contribution in [0.2, 0.25) is 0 Å². The van der Waals surface area contributed by atoms with Crippen LogP contribution in [0.15, 0.2) is 6.07 Å². The van der Waals surface area contributed by atoms with E-state index in [0.29, 0.717) is 5.82 Å². The van der Waals surface area contributed by atoms with Crippen molar-refractivity contribution >= 4 is 51.0 Å². The smallest absolute Gasteiger partial charge is 0.159 e. The van der Waals surface area contributed by atoms with Crippen LogP contribution in [0.1, 0.15) is 0 Å². The first kappa shape index (κ1) is 7.45. The molecule has 0 amide bonds. The number of nitrogens with two attached hydrogens (primary N) is 1. The molecule has 0 saturated carbocycles. The summed E-state index contributed by atoms with van der Waals surface area (Å²) in [7, 11) is 0. The van der Waals surface area contributed by atoms with E-state index in [1.54, 1.807) is 0 Å². The summed E-state index contributed by atoms with van der Waals surface area (Å²) in [6.45, 7) is 0. The summed E-state index contributed by atoms with van der Waals surface area (Å²) in [5.74, 6) is 0.496. The van der Waals surface area contributed by atoms with Crippen molar-refractivity contribution in [3.8, 4) is 0 Å². The number of aromatic nitrogens is 2. The van der Waals surface area contributed by atoms with Gasteiger partial charge in [-0.3, -0.25) is 0 Å². The Bertz CT molecular complexity index is 225. The Hall–Kier alpha value is 0.340. The molecule has 1 aromatic heterocycles. The van der Waals surface area contributed by atoms with Crippen LogP contribution in [0.3, 0.4) is 0 Å². The summed E-state index contributed by atoms with van der Waals surface area (Å²) in [4.78, 5) is 0. The first-order chi connectivity index (χ1) is 4.20. The van der Waals surface area contributed by atoms with Crippen LogP contribution in [-0.4, -0.2) is 10.2 Å². The molecule has 1 rings (SSSR count). The van der Waals surface area contributed by atoms with E-state index in [4.69, 9.17) is 5.73 Å². The predicted molar refractivity (Wildman–Crippen MR) is 51.9 cm³/mol. The van der Waals surface area contributed by atoms with Gasteiger partial charge in [-0.25, -0.2) is 0 Å². The van der Waals surface area contributed by atoms with Gasteiger partial charge in [0.05, 0.1) is 3.57 Å². The highest BCUT2D eigenvalue weighted by Gasteiger charge is 1.95. The first-order valence-corrected chi connectivity index (χ1v) is 4.30. The Morgan fingerprint density at radius 3 is 2.44 bits per heavy atom. The molecule has 0 unspecified atom stereocenters. The van der Waals surface area contributed by atoms with E-state index in [1.165, 1.54) is 0 Å². The third-order valence-corrected chi connectivity index (χ3v) is 2.13. The standard InChI is InChI=1S/C4H3I2N3/c5-2-1-3(6)8-9-4(2)7/h1H,(H2,7,9). The van der Waals surface area contributed by atoms with Crippen molar-refractivity contribution in [2.75, 3.05) is 5.73 Å². The topological polar surface area (TPSA) is 51.8 Å². The van der Waals surface area contributed by atoms with Crippen molar-refractivity contribution in [2.24, 2.45) is 0 Å². The Morgan fingerprint density at radius 2 is 2.00 bits per heavy atom. The van der Waals surface area contributed by atoms with E-state index in [9.17, 15) is 0 Å². The number of anilines is 1. The molecular weight excluding hydrogens is 344 g/mol. The van der Waals surface area contributed by atoms with Gasteiger partial charge in [0, 0.05) is 0 Å². The summed E-state index contributed by atoms with van der Waals surface area (Å²) >= 11 is 4.21. The SMILES string of the molecule is Nc1nnc(I)cc1I. The van der Waals surface area contributed by atoms with Crippen LogP contribution in [0, 0.1) is 7.27 Å². The Morgan fingerprint density at radius 1 is 1.33 bits per heavy atom. The molecule has 48 valence electrons. The highest BCUT2D eigenvalue weighted by atomic mass is 127. The lowest BCUT2D eigenvalue weighted by atomic mass is 10.5. The number of halogens is 2. The van der Waals surface area contributed by atoms with Crippen molar-refractivity contribution in [2.45, 2.75) is 0 Å². The quantitative estimate of drug-likeness (QED) is 0.720. The van der Waals surface area contributed by atoms with Gasteiger partial charge in [0.15, 0.2) is 5.82 Å². The summed E-state index contributed by atoms with van der Waals surface area (Å²) in [6.07, 6.45) is 0. The van der Waals surface area contributed by atoms with E-state index in [0.717, 1.165) is 7.27 Å². The molecule has 0 radical (unpaired) electrons. The monoisotopic (exact) mass is 347 g/mol. The number of hydrogen-bond acceptors (Lipinski definition) is 3. The van der Waals surface area contributed by atoms with Gasteiger partial charge in [-0.15, -0.1) is 10.2 Å². The second-order valence-electron chi connectivity index (χ2n) is 1.40. The van der Waals surface area contributed by atoms with Crippen LogP contribution < -0.4 is 5.73 Å². The molecule has 0 saturated heterocycles. The number of nitrogens with zero attached hydrogens (tertiary/aromatic N) is 2. The minimum atomic E-state index is 0.496. The van der Waals surface area contributed by atoms with E-state index in [-0.39, 0.29) is 0 Å². The highest BCUT2D eigenvalue weighted by molar-refractivity contribution is 14.1. The minimum absolute atomic E-state index is 0.496. The van der Waals surface area contributed by atoms with E-state index >= 15 is 0 Å². The van der Waals surface area contributed by atoms with Crippen molar-refractivity contribution < 1.29 is 0 Å². The molecule has 0 aliphatic carbocycles. The molecule has 1 heterocycles.